The van der Waals surface area contributed by atoms with Gasteiger partial charge in [0.1, 0.15) is 5.82 Å². The van der Waals surface area contributed by atoms with Gasteiger partial charge in [-0.1, -0.05) is 20.8 Å². The van der Waals surface area contributed by atoms with E-state index in [0.29, 0.717) is 5.82 Å². The Balaban J connectivity index is 2.22. The van der Waals surface area contributed by atoms with Crippen LogP contribution >= 0.6 is 0 Å². The lowest BCUT2D eigenvalue weighted by atomic mass is 9.91. The van der Waals surface area contributed by atoms with Crippen molar-refractivity contribution < 1.29 is 9.90 Å². The SMILES string of the molecule is CN1CCN(Nc2cc(C(=O)O)cc(C(C)(C)C)n2)CC1. The van der Waals surface area contributed by atoms with Crippen molar-refractivity contribution in [2.45, 2.75) is 26.2 Å². The van der Waals surface area contributed by atoms with Gasteiger partial charge in [0.15, 0.2) is 0 Å². The topological polar surface area (TPSA) is 68.7 Å². The molecule has 0 aliphatic carbocycles. The second-order valence-corrected chi connectivity index (χ2v) is 6.58. The first kappa shape index (κ1) is 15.7. The molecular weight excluding hydrogens is 268 g/mol. The number of nitrogens with zero attached hydrogens (tertiary/aromatic N) is 3. The zero-order chi connectivity index (χ0) is 15.6. The number of carboxylic acids is 1. The van der Waals surface area contributed by atoms with E-state index in [4.69, 9.17) is 0 Å². The van der Waals surface area contributed by atoms with E-state index in [1.807, 2.05) is 20.8 Å². The number of nitrogens with one attached hydrogen (secondary N) is 1. The molecule has 0 amide bonds. The van der Waals surface area contributed by atoms with Crippen molar-refractivity contribution in [3.05, 3.63) is 23.4 Å². The average molecular weight is 292 g/mol. The number of hydrogen-bond donors (Lipinski definition) is 2. The monoisotopic (exact) mass is 292 g/mol. The van der Waals surface area contributed by atoms with Gasteiger partial charge in [0.25, 0.3) is 0 Å². The maximum absolute atomic E-state index is 11.3. The molecule has 1 aliphatic heterocycles. The Hall–Kier alpha value is -1.66. The van der Waals surface area contributed by atoms with Gasteiger partial charge in [0.2, 0.25) is 0 Å². The minimum Gasteiger partial charge on any atom is -0.478 e. The first-order valence-corrected chi connectivity index (χ1v) is 7.22. The lowest BCUT2D eigenvalue weighted by Crippen LogP contribution is -2.47. The minimum absolute atomic E-state index is 0.190. The standard InChI is InChI=1S/C15H24N4O2/c1-15(2,3)12-9-11(14(20)21)10-13(16-12)17-19-7-5-18(4)6-8-19/h9-10H,5-8H2,1-4H3,(H,16,17)(H,20,21). The fourth-order valence-corrected chi connectivity index (χ4v) is 2.18. The van der Waals surface area contributed by atoms with Gasteiger partial charge in [-0.15, -0.1) is 0 Å². The molecule has 0 atom stereocenters. The van der Waals surface area contributed by atoms with Crippen molar-refractivity contribution in [2.24, 2.45) is 0 Å². The van der Waals surface area contributed by atoms with E-state index in [1.54, 1.807) is 12.1 Å². The molecule has 1 aromatic heterocycles. The molecule has 1 aromatic rings. The average Bonchev–Trinajstić information content (AvgIpc) is 2.40. The highest BCUT2D eigenvalue weighted by Gasteiger charge is 2.20. The third-order valence-corrected chi connectivity index (χ3v) is 3.62. The molecule has 1 fully saturated rings. The Kier molecular flexibility index (Phi) is 4.49. The van der Waals surface area contributed by atoms with Crippen molar-refractivity contribution in [3.8, 4) is 0 Å². The number of hydrogen-bond acceptors (Lipinski definition) is 5. The highest BCUT2D eigenvalue weighted by Crippen LogP contribution is 2.23. The quantitative estimate of drug-likeness (QED) is 0.883. The Bertz CT molecular complexity index is 517. The van der Waals surface area contributed by atoms with Crippen LogP contribution in [0.1, 0.15) is 36.8 Å². The molecule has 0 unspecified atom stereocenters. The molecule has 0 bridgehead atoms. The molecule has 0 radical (unpaired) electrons. The van der Waals surface area contributed by atoms with Crippen LogP contribution < -0.4 is 5.43 Å². The number of piperazine rings is 1. The van der Waals surface area contributed by atoms with Gasteiger partial charge < -0.3 is 15.4 Å². The number of carbonyl (C=O) groups is 1. The first-order valence-electron chi connectivity index (χ1n) is 7.22. The van der Waals surface area contributed by atoms with Gasteiger partial charge in [-0.3, -0.25) is 0 Å². The highest BCUT2D eigenvalue weighted by atomic mass is 16.4. The lowest BCUT2D eigenvalue weighted by molar-refractivity contribution is 0.0696. The zero-order valence-electron chi connectivity index (χ0n) is 13.2. The van der Waals surface area contributed by atoms with Crippen LogP contribution in [0, 0.1) is 0 Å². The van der Waals surface area contributed by atoms with Crippen LogP contribution in [0.5, 0.6) is 0 Å². The molecule has 0 saturated carbocycles. The zero-order valence-corrected chi connectivity index (χ0v) is 13.2. The summed E-state index contributed by atoms with van der Waals surface area (Å²) in [5, 5.41) is 11.3. The van der Waals surface area contributed by atoms with Gasteiger partial charge in [-0.05, 0) is 19.2 Å². The third-order valence-electron chi connectivity index (χ3n) is 3.62. The smallest absolute Gasteiger partial charge is 0.335 e. The van der Waals surface area contributed by atoms with Crippen LogP contribution in [-0.4, -0.2) is 59.2 Å². The second-order valence-electron chi connectivity index (χ2n) is 6.58. The van der Waals surface area contributed by atoms with Crippen LogP contribution in [-0.2, 0) is 5.41 Å². The summed E-state index contributed by atoms with van der Waals surface area (Å²) in [6.45, 7) is 9.83. The molecule has 2 heterocycles. The van der Waals surface area contributed by atoms with Crippen LogP contribution in [0.4, 0.5) is 5.82 Å². The number of aromatic nitrogens is 1. The van der Waals surface area contributed by atoms with Crippen LogP contribution in [0.2, 0.25) is 0 Å². The van der Waals surface area contributed by atoms with Gasteiger partial charge in [0, 0.05) is 37.3 Å². The van der Waals surface area contributed by atoms with Crippen molar-refractivity contribution in [2.75, 3.05) is 38.7 Å². The minimum atomic E-state index is -0.927. The maximum Gasteiger partial charge on any atom is 0.335 e. The predicted octanol–water partition coefficient (Wildman–Crippen LogP) is 1.65. The molecule has 0 spiro atoms. The van der Waals surface area contributed by atoms with Gasteiger partial charge >= 0.3 is 5.97 Å². The highest BCUT2D eigenvalue weighted by molar-refractivity contribution is 5.88. The van der Waals surface area contributed by atoms with Crippen LogP contribution in [0.25, 0.3) is 0 Å². The van der Waals surface area contributed by atoms with Crippen molar-refractivity contribution in [3.63, 3.8) is 0 Å². The Morgan fingerprint density at radius 2 is 1.86 bits per heavy atom. The molecule has 116 valence electrons. The van der Waals surface area contributed by atoms with Crippen molar-refractivity contribution in [1.82, 2.24) is 14.9 Å². The summed E-state index contributed by atoms with van der Waals surface area (Å²) >= 11 is 0. The number of hydrazine groups is 1. The van der Waals surface area contributed by atoms with E-state index in [1.165, 1.54) is 0 Å². The fraction of sp³-hybridized carbons (Fsp3) is 0.600. The van der Waals surface area contributed by atoms with E-state index in [0.717, 1.165) is 31.9 Å². The Labute approximate surface area is 125 Å². The maximum atomic E-state index is 11.3. The van der Waals surface area contributed by atoms with E-state index in [2.05, 4.69) is 27.4 Å². The summed E-state index contributed by atoms with van der Waals surface area (Å²) in [5.41, 5.74) is 4.10. The normalized spacial score (nSPS) is 17.7. The van der Waals surface area contributed by atoms with E-state index in [-0.39, 0.29) is 11.0 Å². The summed E-state index contributed by atoms with van der Waals surface area (Å²) in [6, 6.07) is 3.24. The second kappa shape index (κ2) is 5.99. The number of pyridine rings is 1. The summed E-state index contributed by atoms with van der Waals surface area (Å²) in [4.78, 5) is 18.1. The van der Waals surface area contributed by atoms with E-state index in [9.17, 15) is 9.90 Å². The molecule has 6 heteroatoms. The third kappa shape index (κ3) is 4.15. The molecule has 2 N–H and O–H groups in total. The first-order chi connectivity index (χ1) is 9.75. The Morgan fingerprint density at radius 3 is 2.38 bits per heavy atom. The molecular formula is C15H24N4O2. The van der Waals surface area contributed by atoms with E-state index < -0.39 is 5.97 Å². The van der Waals surface area contributed by atoms with Crippen molar-refractivity contribution in [1.29, 1.82) is 0 Å². The number of likely N-dealkylation sites (N-methyl/N-ethyl adjacent to an activating group) is 1. The molecule has 6 nitrogen and oxygen atoms in total. The Morgan fingerprint density at radius 1 is 1.24 bits per heavy atom. The summed E-state index contributed by atoms with van der Waals surface area (Å²) in [7, 11) is 2.10. The molecule has 21 heavy (non-hydrogen) atoms. The molecule has 2 rings (SSSR count). The molecule has 1 aliphatic rings. The van der Waals surface area contributed by atoms with Gasteiger partial charge in [-0.2, -0.15) is 0 Å². The van der Waals surface area contributed by atoms with Crippen LogP contribution in [0.3, 0.4) is 0 Å². The predicted molar refractivity (Wildman–Crippen MR) is 82.6 cm³/mol. The number of aromatic carboxylic acids is 1. The summed E-state index contributed by atoms with van der Waals surface area (Å²) in [6.07, 6.45) is 0. The summed E-state index contributed by atoms with van der Waals surface area (Å²) in [5.74, 6) is -0.325. The largest absolute Gasteiger partial charge is 0.478 e. The number of anilines is 1. The lowest BCUT2D eigenvalue weighted by Gasteiger charge is -2.33. The molecule has 0 aromatic carbocycles. The van der Waals surface area contributed by atoms with Crippen LogP contribution in [0.15, 0.2) is 12.1 Å². The molecule has 1 saturated heterocycles. The van der Waals surface area contributed by atoms with Gasteiger partial charge in [0.05, 0.1) is 5.56 Å². The number of rotatable bonds is 3. The van der Waals surface area contributed by atoms with E-state index >= 15 is 0 Å². The van der Waals surface area contributed by atoms with Crippen molar-refractivity contribution >= 4 is 11.8 Å². The summed E-state index contributed by atoms with van der Waals surface area (Å²) < 4.78 is 0. The number of carboxylic acid groups (broad SMARTS) is 1. The van der Waals surface area contributed by atoms with Gasteiger partial charge in [-0.25, -0.2) is 14.8 Å². The fourth-order valence-electron chi connectivity index (χ4n) is 2.18.